The molecule has 0 bridgehead atoms. The van der Waals surface area contributed by atoms with Gasteiger partial charge in [0.2, 0.25) is 5.82 Å². The summed E-state index contributed by atoms with van der Waals surface area (Å²) in [7, 11) is 1.09. The fourth-order valence-electron chi connectivity index (χ4n) is 2.82. The quantitative estimate of drug-likeness (QED) is 0.381. The first-order valence-corrected chi connectivity index (χ1v) is 7.88. The topological polar surface area (TPSA) is 98.2 Å². The van der Waals surface area contributed by atoms with Crippen molar-refractivity contribution in [2.24, 2.45) is 7.05 Å². The molecule has 150 valence electrons. The van der Waals surface area contributed by atoms with Gasteiger partial charge in [0.05, 0.1) is 5.39 Å². The number of carboxylic acid groups (broad SMARTS) is 1. The second-order valence-electron chi connectivity index (χ2n) is 5.72. The lowest BCUT2D eigenvalue weighted by atomic mass is 10.1. The minimum atomic E-state index is -4.79. The number of alkyl halides is 3. The van der Waals surface area contributed by atoms with Crippen molar-refractivity contribution in [1.29, 1.82) is 0 Å². The third kappa shape index (κ3) is 3.53. The molecule has 0 fully saturated rings. The Morgan fingerprint density at radius 3 is 2.52 bits per heavy atom. The van der Waals surface area contributed by atoms with Gasteiger partial charge >= 0.3 is 6.18 Å². The van der Waals surface area contributed by atoms with Crippen LogP contribution in [0.4, 0.5) is 17.6 Å². The van der Waals surface area contributed by atoms with Crippen LogP contribution in [0.5, 0.6) is 0 Å². The summed E-state index contributed by atoms with van der Waals surface area (Å²) in [5.41, 5.74) is -1.22. The van der Waals surface area contributed by atoms with E-state index in [1.807, 2.05) is 0 Å². The number of aryl methyl sites for hydroxylation is 1. The molecule has 11 heteroatoms. The first-order valence-electron chi connectivity index (χ1n) is 7.88. The Bertz CT molecular complexity index is 1260. The van der Waals surface area contributed by atoms with Crippen molar-refractivity contribution in [2.75, 3.05) is 0 Å². The number of hydrogen-bond acceptors (Lipinski definition) is 5. The second kappa shape index (κ2) is 7.34. The number of imidazole rings is 1. The molecule has 7 nitrogen and oxygen atoms in total. The third-order valence-electron chi connectivity index (χ3n) is 3.96. The van der Waals surface area contributed by atoms with E-state index in [0.717, 1.165) is 19.2 Å². The van der Waals surface area contributed by atoms with Gasteiger partial charge < -0.3 is 14.1 Å². The Hall–Kier alpha value is -3.76. The maximum Gasteiger partial charge on any atom is 0.449 e. The number of rotatable bonds is 1. The second-order valence-corrected chi connectivity index (χ2v) is 5.72. The average Bonchev–Trinajstić information content (AvgIpc) is 3.03. The van der Waals surface area contributed by atoms with E-state index in [0.29, 0.717) is 10.3 Å². The maximum absolute atomic E-state index is 14.3. The van der Waals surface area contributed by atoms with Crippen LogP contribution in [0.3, 0.4) is 0 Å². The van der Waals surface area contributed by atoms with Crippen LogP contribution >= 0.6 is 0 Å². The zero-order valence-electron chi connectivity index (χ0n) is 14.6. The van der Waals surface area contributed by atoms with E-state index in [1.165, 1.54) is 6.20 Å². The molecule has 0 atom stereocenters. The Kier molecular flexibility index (Phi) is 5.06. The molecule has 0 aliphatic carbocycles. The number of fused-ring (bicyclic) bond motifs is 3. The monoisotopic (exact) mass is 409 g/mol. The molecule has 4 rings (SSSR count). The minimum Gasteiger partial charge on any atom is -0.483 e. The molecule has 0 aliphatic heterocycles. The SMILES string of the molecule is Cn1c(C(F)(F)F)nc2c(F)cc3c(=O)cc(-c4ccccn4)oc3c21.O=CO. The van der Waals surface area contributed by atoms with Crippen LogP contribution in [0.2, 0.25) is 0 Å². The van der Waals surface area contributed by atoms with Gasteiger partial charge in [-0.3, -0.25) is 14.6 Å². The zero-order chi connectivity index (χ0) is 21.3. The number of hydrogen-bond donors (Lipinski definition) is 1. The Morgan fingerprint density at radius 1 is 1.24 bits per heavy atom. The van der Waals surface area contributed by atoms with E-state index < -0.39 is 28.8 Å². The molecular weight excluding hydrogens is 398 g/mol. The van der Waals surface area contributed by atoms with Crippen LogP contribution < -0.4 is 5.43 Å². The van der Waals surface area contributed by atoms with Crippen molar-refractivity contribution in [3.05, 3.63) is 58.4 Å². The van der Waals surface area contributed by atoms with Gasteiger partial charge in [-0.15, -0.1) is 0 Å². The molecule has 3 aromatic heterocycles. The summed E-state index contributed by atoms with van der Waals surface area (Å²) >= 11 is 0. The number of halogens is 4. The maximum atomic E-state index is 14.3. The molecule has 1 aromatic carbocycles. The van der Waals surface area contributed by atoms with E-state index in [1.54, 1.807) is 18.2 Å². The van der Waals surface area contributed by atoms with E-state index in [9.17, 15) is 22.4 Å². The van der Waals surface area contributed by atoms with Gasteiger partial charge in [-0.05, 0) is 18.2 Å². The average molecular weight is 409 g/mol. The number of benzene rings is 1. The molecule has 4 aromatic rings. The number of nitrogens with zero attached hydrogens (tertiary/aromatic N) is 3. The molecule has 29 heavy (non-hydrogen) atoms. The first-order chi connectivity index (χ1) is 13.7. The number of carbonyl (C=O) groups is 1. The molecule has 0 unspecified atom stereocenters. The lowest BCUT2D eigenvalue weighted by Gasteiger charge is -2.07. The van der Waals surface area contributed by atoms with Gasteiger partial charge in [0.1, 0.15) is 16.7 Å². The normalized spacial score (nSPS) is 11.3. The van der Waals surface area contributed by atoms with E-state index in [2.05, 4.69) is 9.97 Å². The largest absolute Gasteiger partial charge is 0.483 e. The molecule has 3 heterocycles. The summed E-state index contributed by atoms with van der Waals surface area (Å²) in [5, 5.41) is 6.71. The van der Waals surface area contributed by atoms with E-state index in [4.69, 9.17) is 14.3 Å². The molecular formula is C18H11F4N3O4. The van der Waals surface area contributed by atoms with Crippen LogP contribution in [-0.2, 0) is 18.0 Å². The zero-order valence-corrected chi connectivity index (χ0v) is 14.6. The predicted octanol–water partition coefficient (Wildman–Crippen LogP) is 3.60. The van der Waals surface area contributed by atoms with Gasteiger partial charge in [-0.25, -0.2) is 9.37 Å². The minimum absolute atomic E-state index is 0.0609. The molecule has 1 N–H and O–H groups in total. The van der Waals surface area contributed by atoms with Crippen LogP contribution in [0.1, 0.15) is 5.82 Å². The van der Waals surface area contributed by atoms with Crippen LogP contribution in [0, 0.1) is 5.82 Å². The van der Waals surface area contributed by atoms with Crippen LogP contribution in [0.15, 0.2) is 45.7 Å². The van der Waals surface area contributed by atoms with Crippen molar-refractivity contribution in [3.63, 3.8) is 0 Å². The molecule has 0 saturated carbocycles. The highest BCUT2D eigenvalue weighted by Gasteiger charge is 2.38. The molecule has 0 amide bonds. The van der Waals surface area contributed by atoms with E-state index >= 15 is 0 Å². The Balaban J connectivity index is 0.000000755. The Labute approximate surface area is 158 Å². The molecule has 0 radical (unpaired) electrons. The Morgan fingerprint density at radius 2 is 1.93 bits per heavy atom. The van der Waals surface area contributed by atoms with Gasteiger partial charge in [-0.1, -0.05) is 6.07 Å². The summed E-state index contributed by atoms with van der Waals surface area (Å²) in [6.45, 7) is -0.250. The summed E-state index contributed by atoms with van der Waals surface area (Å²) in [6.07, 6.45) is -3.31. The molecule has 0 spiro atoms. The standard InChI is InChI=1S/C17H9F4N3O2.CH2O2/c1-24-14-13(23-16(24)17(19,20)21)9(18)6-8-11(25)7-12(26-15(8)14)10-4-2-3-5-22-10;2-1-3/h2-7H,1H3;1H,(H,2,3). The van der Waals surface area contributed by atoms with Gasteiger partial charge in [0.25, 0.3) is 6.47 Å². The smallest absolute Gasteiger partial charge is 0.449 e. The lowest BCUT2D eigenvalue weighted by molar-refractivity contribution is -0.146. The summed E-state index contributed by atoms with van der Waals surface area (Å²) in [5.74, 6) is -2.26. The lowest BCUT2D eigenvalue weighted by Crippen LogP contribution is -2.12. The fourth-order valence-corrected chi connectivity index (χ4v) is 2.82. The highest BCUT2D eigenvalue weighted by Crippen LogP contribution is 2.35. The van der Waals surface area contributed by atoms with Crippen LogP contribution in [-0.4, -0.2) is 26.1 Å². The number of aromatic nitrogens is 3. The highest BCUT2D eigenvalue weighted by molar-refractivity contribution is 6.01. The van der Waals surface area contributed by atoms with Crippen molar-refractivity contribution in [3.8, 4) is 11.5 Å². The summed E-state index contributed by atoms with van der Waals surface area (Å²) in [4.78, 5) is 28.1. The fraction of sp³-hybridized carbons (Fsp3) is 0.111. The first kappa shape index (κ1) is 20.0. The van der Waals surface area contributed by atoms with Gasteiger partial charge in [0.15, 0.2) is 22.6 Å². The highest BCUT2D eigenvalue weighted by atomic mass is 19.4. The van der Waals surface area contributed by atoms with Gasteiger partial charge in [-0.2, -0.15) is 13.2 Å². The van der Waals surface area contributed by atoms with E-state index in [-0.39, 0.29) is 28.7 Å². The molecule has 0 saturated heterocycles. The van der Waals surface area contributed by atoms with Crippen molar-refractivity contribution < 1.29 is 31.9 Å². The molecule has 0 aliphatic rings. The predicted molar refractivity (Wildman–Crippen MR) is 93.6 cm³/mol. The summed E-state index contributed by atoms with van der Waals surface area (Å²) in [6, 6.07) is 6.86. The van der Waals surface area contributed by atoms with Crippen molar-refractivity contribution in [2.45, 2.75) is 6.18 Å². The van der Waals surface area contributed by atoms with Gasteiger partial charge in [0, 0.05) is 19.3 Å². The third-order valence-corrected chi connectivity index (χ3v) is 3.96. The van der Waals surface area contributed by atoms with Crippen molar-refractivity contribution in [1.82, 2.24) is 14.5 Å². The summed E-state index contributed by atoms with van der Waals surface area (Å²) < 4.78 is 60.0. The number of pyridine rings is 1. The van der Waals surface area contributed by atoms with Crippen LogP contribution in [0.25, 0.3) is 33.5 Å². The van der Waals surface area contributed by atoms with Crippen molar-refractivity contribution >= 4 is 28.5 Å².